The van der Waals surface area contributed by atoms with E-state index in [0.29, 0.717) is 18.7 Å². The number of carbonyl (C=O) groups is 1. The number of nitrogens with one attached hydrogen (secondary N) is 1. The quantitative estimate of drug-likeness (QED) is 0.474. The van der Waals surface area contributed by atoms with Crippen LogP contribution in [0.1, 0.15) is 22.8 Å². The highest BCUT2D eigenvalue weighted by Crippen LogP contribution is 2.26. The molecule has 0 bridgehead atoms. The molecule has 0 aliphatic heterocycles. The lowest BCUT2D eigenvalue weighted by molar-refractivity contribution is 0.0951. The summed E-state index contributed by atoms with van der Waals surface area (Å²) in [5.74, 6) is 0.585. The molecule has 0 fully saturated rings. The molecular formula is C19H16BrN5O2S. The van der Waals surface area contributed by atoms with Crippen molar-refractivity contribution >= 4 is 38.1 Å². The van der Waals surface area contributed by atoms with E-state index in [-0.39, 0.29) is 5.91 Å². The van der Waals surface area contributed by atoms with Gasteiger partial charge in [-0.1, -0.05) is 35.6 Å². The van der Waals surface area contributed by atoms with Crippen molar-refractivity contribution < 1.29 is 9.53 Å². The van der Waals surface area contributed by atoms with Gasteiger partial charge >= 0.3 is 0 Å². The fourth-order valence-electron chi connectivity index (χ4n) is 2.64. The molecule has 28 heavy (non-hydrogen) atoms. The molecule has 2 aromatic carbocycles. The van der Waals surface area contributed by atoms with Crippen LogP contribution in [0.25, 0.3) is 15.5 Å². The summed E-state index contributed by atoms with van der Waals surface area (Å²) >= 11 is 4.91. The van der Waals surface area contributed by atoms with Gasteiger partial charge in [-0.05, 0) is 46.6 Å². The lowest BCUT2D eigenvalue weighted by Crippen LogP contribution is -2.22. The Morgan fingerprint density at radius 2 is 2.07 bits per heavy atom. The Bertz CT molecular complexity index is 1090. The van der Waals surface area contributed by atoms with E-state index in [2.05, 4.69) is 36.5 Å². The predicted molar refractivity (Wildman–Crippen MR) is 111 cm³/mol. The number of amides is 1. The summed E-state index contributed by atoms with van der Waals surface area (Å²) < 4.78 is 7.89. The van der Waals surface area contributed by atoms with E-state index in [9.17, 15) is 4.79 Å². The molecule has 0 unspecified atom stereocenters. The Labute approximate surface area is 173 Å². The van der Waals surface area contributed by atoms with Crippen molar-refractivity contribution in [2.24, 2.45) is 0 Å². The van der Waals surface area contributed by atoms with Crippen LogP contribution in [0.5, 0.6) is 5.75 Å². The maximum atomic E-state index is 12.4. The van der Waals surface area contributed by atoms with Crippen molar-refractivity contribution in [3.05, 3.63) is 64.4 Å². The number of hydrogen-bond acceptors (Lipinski definition) is 6. The van der Waals surface area contributed by atoms with Crippen molar-refractivity contribution in [1.29, 1.82) is 0 Å². The topological polar surface area (TPSA) is 81.4 Å². The summed E-state index contributed by atoms with van der Waals surface area (Å²) in [4.78, 5) is 13.2. The van der Waals surface area contributed by atoms with E-state index in [0.717, 1.165) is 31.3 Å². The SMILES string of the molecule is CCOc1ccc(C(=O)NCc2ccc(-c3nn4cnnc4s3)cc2)cc1Br. The normalized spacial score (nSPS) is 10.9. The summed E-state index contributed by atoms with van der Waals surface area (Å²) in [6.07, 6.45) is 1.58. The molecule has 0 spiro atoms. The molecule has 2 heterocycles. The minimum atomic E-state index is -0.138. The van der Waals surface area contributed by atoms with Gasteiger partial charge in [0.25, 0.3) is 5.91 Å². The van der Waals surface area contributed by atoms with Crippen molar-refractivity contribution in [2.45, 2.75) is 13.5 Å². The molecule has 1 N–H and O–H groups in total. The van der Waals surface area contributed by atoms with E-state index in [4.69, 9.17) is 4.74 Å². The first-order chi connectivity index (χ1) is 13.6. The molecule has 4 aromatic rings. The standard InChI is InChI=1S/C19H16BrN5O2S/c1-2-27-16-8-7-14(9-15(16)20)17(26)21-10-12-3-5-13(6-4-12)18-24-25-11-22-23-19(25)28-18/h3-9,11H,2,10H2,1H3,(H,21,26). The molecule has 0 aliphatic rings. The van der Waals surface area contributed by atoms with Crippen LogP contribution < -0.4 is 10.1 Å². The van der Waals surface area contributed by atoms with Gasteiger partial charge < -0.3 is 10.1 Å². The summed E-state index contributed by atoms with van der Waals surface area (Å²) in [6.45, 7) is 2.93. The lowest BCUT2D eigenvalue weighted by Gasteiger charge is -2.09. The fourth-order valence-corrected chi connectivity index (χ4v) is 3.96. The number of ether oxygens (including phenoxy) is 1. The van der Waals surface area contributed by atoms with Gasteiger partial charge in [0.1, 0.15) is 17.1 Å². The van der Waals surface area contributed by atoms with Crippen LogP contribution in [0, 0.1) is 0 Å². The van der Waals surface area contributed by atoms with E-state index in [1.54, 1.807) is 29.0 Å². The van der Waals surface area contributed by atoms with Crippen LogP contribution >= 0.6 is 27.3 Å². The minimum absolute atomic E-state index is 0.138. The maximum Gasteiger partial charge on any atom is 0.251 e. The second-order valence-corrected chi connectivity index (χ2v) is 7.73. The van der Waals surface area contributed by atoms with E-state index in [1.165, 1.54) is 11.3 Å². The Morgan fingerprint density at radius 3 is 2.79 bits per heavy atom. The smallest absolute Gasteiger partial charge is 0.251 e. The van der Waals surface area contributed by atoms with Crippen molar-refractivity contribution in [3.63, 3.8) is 0 Å². The van der Waals surface area contributed by atoms with Gasteiger partial charge in [0, 0.05) is 17.7 Å². The zero-order valence-electron chi connectivity index (χ0n) is 14.9. The zero-order chi connectivity index (χ0) is 19.5. The summed E-state index contributed by atoms with van der Waals surface area (Å²) in [7, 11) is 0. The Kier molecular flexibility index (Phi) is 5.36. The average molecular weight is 458 g/mol. The van der Waals surface area contributed by atoms with Gasteiger partial charge in [-0.25, -0.2) is 0 Å². The van der Waals surface area contributed by atoms with Crippen molar-refractivity contribution in [2.75, 3.05) is 6.61 Å². The zero-order valence-corrected chi connectivity index (χ0v) is 17.3. The molecule has 4 rings (SSSR count). The highest BCUT2D eigenvalue weighted by molar-refractivity contribution is 9.10. The lowest BCUT2D eigenvalue weighted by atomic mass is 10.1. The Hall–Kier alpha value is -2.78. The van der Waals surface area contributed by atoms with Crippen LogP contribution in [0.2, 0.25) is 0 Å². The number of hydrogen-bond donors (Lipinski definition) is 1. The monoisotopic (exact) mass is 457 g/mol. The van der Waals surface area contributed by atoms with Crippen LogP contribution in [-0.4, -0.2) is 32.3 Å². The first kappa shape index (κ1) is 18.6. The first-order valence-electron chi connectivity index (χ1n) is 8.60. The molecule has 7 nitrogen and oxygen atoms in total. The third kappa shape index (κ3) is 3.90. The molecule has 142 valence electrons. The van der Waals surface area contributed by atoms with E-state index < -0.39 is 0 Å². The number of aromatic nitrogens is 4. The molecule has 1 amide bonds. The van der Waals surface area contributed by atoms with Gasteiger partial charge in [0.2, 0.25) is 4.96 Å². The van der Waals surface area contributed by atoms with Crippen molar-refractivity contribution in [1.82, 2.24) is 25.1 Å². The molecule has 9 heteroatoms. The maximum absolute atomic E-state index is 12.4. The number of rotatable bonds is 6. The second-order valence-electron chi connectivity index (χ2n) is 5.92. The minimum Gasteiger partial charge on any atom is -0.493 e. The van der Waals surface area contributed by atoms with Gasteiger partial charge in [-0.3, -0.25) is 4.79 Å². The van der Waals surface area contributed by atoms with Crippen LogP contribution in [0.3, 0.4) is 0 Å². The molecular weight excluding hydrogens is 442 g/mol. The molecule has 2 aromatic heterocycles. The summed E-state index contributed by atoms with van der Waals surface area (Å²) in [5, 5.41) is 16.0. The first-order valence-corrected chi connectivity index (χ1v) is 10.2. The highest BCUT2D eigenvalue weighted by atomic mass is 79.9. The van der Waals surface area contributed by atoms with Gasteiger partial charge in [0.15, 0.2) is 0 Å². The highest BCUT2D eigenvalue weighted by Gasteiger charge is 2.10. The number of fused-ring (bicyclic) bond motifs is 1. The summed E-state index contributed by atoms with van der Waals surface area (Å²) in [6, 6.07) is 13.2. The third-order valence-corrected chi connectivity index (χ3v) is 5.62. The molecule has 0 radical (unpaired) electrons. The van der Waals surface area contributed by atoms with Crippen LogP contribution in [0.15, 0.2) is 53.3 Å². The number of nitrogens with zero attached hydrogens (tertiary/aromatic N) is 4. The number of carbonyl (C=O) groups excluding carboxylic acids is 1. The Morgan fingerprint density at radius 1 is 1.25 bits per heavy atom. The average Bonchev–Trinajstić information content (AvgIpc) is 3.30. The van der Waals surface area contributed by atoms with Crippen LogP contribution in [-0.2, 0) is 6.54 Å². The molecule has 0 saturated heterocycles. The third-order valence-electron chi connectivity index (χ3n) is 4.03. The van der Waals surface area contributed by atoms with Gasteiger partial charge in [-0.2, -0.15) is 9.61 Å². The van der Waals surface area contributed by atoms with Crippen LogP contribution in [0.4, 0.5) is 0 Å². The largest absolute Gasteiger partial charge is 0.493 e. The number of halogens is 1. The van der Waals surface area contributed by atoms with E-state index >= 15 is 0 Å². The van der Waals surface area contributed by atoms with Crippen molar-refractivity contribution in [3.8, 4) is 16.3 Å². The predicted octanol–water partition coefficient (Wildman–Crippen LogP) is 3.94. The summed E-state index contributed by atoms with van der Waals surface area (Å²) in [5.41, 5.74) is 2.58. The van der Waals surface area contributed by atoms with E-state index in [1.807, 2.05) is 31.2 Å². The molecule has 0 aliphatic carbocycles. The molecule has 0 saturated carbocycles. The number of benzene rings is 2. The molecule has 0 atom stereocenters. The second kappa shape index (κ2) is 8.07. The van der Waals surface area contributed by atoms with Gasteiger partial charge in [0.05, 0.1) is 11.1 Å². The van der Waals surface area contributed by atoms with Gasteiger partial charge in [-0.15, -0.1) is 10.2 Å². The Balaban J connectivity index is 1.40. The fraction of sp³-hybridized carbons (Fsp3) is 0.158.